The number of hydrogen-bond acceptors (Lipinski definition) is 6. The number of rotatable bonds is 4. The molecule has 2 bridgehead atoms. The summed E-state index contributed by atoms with van der Waals surface area (Å²) in [5.41, 5.74) is 0.857. The maximum atomic E-state index is 13.7. The number of fused-ring (bicyclic) bond motifs is 2. The van der Waals surface area contributed by atoms with E-state index in [1.165, 1.54) is 23.3 Å². The van der Waals surface area contributed by atoms with Crippen molar-refractivity contribution in [2.75, 3.05) is 5.32 Å². The SMILES string of the molecule is Cc1cnc(C(=O)N2[C@H](C)[C@H]3C[C@@H](Nc4ccc(C(F)(F)F)cn4)[C@@H]2C3)c(-n2nccn2)c1. The zero-order chi connectivity index (χ0) is 23.3. The number of pyridine rings is 2. The average Bonchev–Trinajstić information content (AvgIpc) is 3.50. The summed E-state index contributed by atoms with van der Waals surface area (Å²) in [6.45, 7) is 3.90. The highest BCUT2D eigenvalue weighted by atomic mass is 19.4. The number of piperidine rings is 1. The maximum Gasteiger partial charge on any atom is 0.417 e. The highest BCUT2D eigenvalue weighted by Gasteiger charge is 2.52. The predicted molar refractivity (Wildman–Crippen MR) is 113 cm³/mol. The van der Waals surface area contributed by atoms with Crippen LogP contribution in [0.3, 0.4) is 0 Å². The summed E-state index contributed by atoms with van der Waals surface area (Å²) in [6.07, 6.45) is 2.72. The van der Waals surface area contributed by atoms with Crippen molar-refractivity contribution in [3.63, 3.8) is 0 Å². The topological polar surface area (TPSA) is 88.8 Å². The first-order chi connectivity index (χ1) is 15.7. The van der Waals surface area contributed by atoms with Gasteiger partial charge in [-0.3, -0.25) is 4.79 Å². The zero-order valence-electron chi connectivity index (χ0n) is 18.0. The summed E-state index contributed by atoms with van der Waals surface area (Å²) in [4.78, 5) is 25.2. The van der Waals surface area contributed by atoms with Crippen LogP contribution in [0, 0.1) is 12.8 Å². The number of carbonyl (C=O) groups excluding carboxylic acids is 1. The van der Waals surface area contributed by atoms with Crippen molar-refractivity contribution in [2.24, 2.45) is 5.92 Å². The van der Waals surface area contributed by atoms with Gasteiger partial charge < -0.3 is 10.2 Å². The van der Waals surface area contributed by atoms with Crippen LogP contribution in [-0.2, 0) is 6.18 Å². The Hall–Kier alpha value is -3.50. The highest BCUT2D eigenvalue weighted by molar-refractivity contribution is 5.96. The molecule has 1 aliphatic carbocycles. The summed E-state index contributed by atoms with van der Waals surface area (Å²) in [5.74, 6) is 0.423. The minimum atomic E-state index is -4.43. The van der Waals surface area contributed by atoms with E-state index in [4.69, 9.17) is 0 Å². The fraction of sp³-hybridized carbons (Fsp3) is 0.409. The van der Waals surface area contributed by atoms with Gasteiger partial charge in [-0.25, -0.2) is 9.97 Å². The molecule has 8 nitrogen and oxygen atoms in total. The number of hydrogen-bond donors (Lipinski definition) is 1. The van der Waals surface area contributed by atoms with Gasteiger partial charge in [-0.1, -0.05) is 0 Å². The van der Waals surface area contributed by atoms with Gasteiger partial charge in [0.05, 0.1) is 24.0 Å². The molecule has 172 valence electrons. The number of carbonyl (C=O) groups is 1. The molecule has 1 saturated heterocycles. The molecule has 4 atom stereocenters. The normalized spacial score (nSPS) is 24.3. The van der Waals surface area contributed by atoms with Gasteiger partial charge in [0.15, 0.2) is 5.69 Å². The summed E-state index contributed by atoms with van der Waals surface area (Å²) in [5, 5.41) is 11.5. The fourth-order valence-corrected chi connectivity index (χ4v) is 4.95. The highest BCUT2D eigenvalue weighted by Crippen LogP contribution is 2.44. The van der Waals surface area contributed by atoms with Crippen LogP contribution in [0.4, 0.5) is 19.0 Å². The quantitative estimate of drug-likeness (QED) is 0.645. The number of likely N-dealkylation sites (tertiary alicyclic amines) is 1. The third kappa shape index (κ3) is 3.81. The Morgan fingerprint density at radius 1 is 1.12 bits per heavy atom. The van der Waals surface area contributed by atoms with E-state index in [0.29, 0.717) is 11.5 Å². The fourth-order valence-electron chi connectivity index (χ4n) is 4.95. The number of aryl methyl sites for hydroxylation is 1. The first-order valence-corrected chi connectivity index (χ1v) is 10.7. The molecule has 5 rings (SSSR count). The van der Waals surface area contributed by atoms with Crippen LogP contribution >= 0.6 is 0 Å². The third-order valence-electron chi connectivity index (χ3n) is 6.54. The Kier molecular flexibility index (Phi) is 5.06. The molecule has 4 heterocycles. The number of nitrogens with one attached hydrogen (secondary N) is 1. The van der Waals surface area contributed by atoms with Crippen LogP contribution in [0.2, 0.25) is 0 Å². The zero-order valence-corrected chi connectivity index (χ0v) is 18.0. The van der Waals surface area contributed by atoms with Crippen molar-refractivity contribution in [1.82, 2.24) is 29.9 Å². The molecule has 0 spiro atoms. The van der Waals surface area contributed by atoms with Crippen LogP contribution < -0.4 is 5.32 Å². The molecule has 1 amide bonds. The largest absolute Gasteiger partial charge is 0.417 e. The second-order valence-corrected chi connectivity index (χ2v) is 8.63. The number of anilines is 1. The predicted octanol–water partition coefficient (Wildman–Crippen LogP) is 3.49. The molecular formula is C22H22F3N7O. The van der Waals surface area contributed by atoms with Crippen molar-refractivity contribution in [1.29, 1.82) is 0 Å². The second-order valence-electron chi connectivity index (χ2n) is 8.63. The summed E-state index contributed by atoms with van der Waals surface area (Å²) >= 11 is 0. The lowest BCUT2D eigenvalue weighted by Gasteiger charge is -2.38. The monoisotopic (exact) mass is 457 g/mol. The summed E-state index contributed by atoms with van der Waals surface area (Å²) in [7, 11) is 0. The molecule has 1 saturated carbocycles. The van der Waals surface area contributed by atoms with Crippen molar-refractivity contribution in [2.45, 2.75) is 51.0 Å². The van der Waals surface area contributed by atoms with Gasteiger partial charge in [-0.15, -0.1) is 4.80 Å². The van der Waals surface area contributed by atoms with Gasteiger partial charge >= 0.3 is 6.18 Å². The number of aromatic nitrogens is 5. The molecule has 2 aliphatic rings. The number of alkyl halides is 3. The lowest BCUT2D eigenvalue weighted by Crippen LogP contribution is -2.52. The Labute approximate surface area is 187 Å². The molecule has 1 N–H and O–H groups in total. The standard InChI is InChI=1S/C22H22F3N7O/c1-12-7-18(32-28-5-6-29-32)20(27-10-12)21(33)31-13(2)14-8-16(17(31)9-14)30-19-4-3-15(11-26-19)22(23,24)25/h3-7,10-11,13-14,16-17H,8-9H2,1-2H3,(H,26,30)/t13-,14+,16-,17+/m1/s1. The number of nitrogens with zero attached hydrogens (tertiary/aromatic N) is 6. The van der Waals surface area contributed by atoms with Gasteiger partial charge in [0.25, 0.3) is 5.91 Å². The minimum Gasteiger partial charge on any atom is -0.365 e. The number of amides is 1. The maximum absolute atomic E-state index is 13.7. The van der Waals surface area contributed by atoms with E-state index in [1.807, 2.05) is 24.8 Å². The van der Waals surface area contributed by atoms with E-state index in [1.54, 1.807) is 6.20 Å². The van der Waals surface area contributed by atoms with Gasteiger partial charge in [0.1, 0.15) is 11.5 Å². The van der Waals surface area contributed by atoms with E-state index < -0.39 is 11.7 Å². The lowest BCUT2D eigenvalue weighted by atomic mass is 9.97. The molecule has 2 fully saturated rings. The first kappa shape index (κ1) is 21.4. The Morgan fingerprint density at radius 3 is 2.52 bits per heavy atom. The molecule has 1 aliphatic heterocycles. The van der Waals surface area contributed by atoms with Crippen molar-refractivity contribution in [3.8, 4) is 5.69 Å². The van der Waals surface area contributed by atoms with Crippen LogP contribution in [0.5, 0.6) is 0 Å². The molecule has 0 unspecified atom stereocenters. The smallest absolute Gasteiger partial charge is 0.365 e. The van der Waals surface area contributed by atoms with Gasteiger partial charge in [0, 0.05) is 24.5 Å². The van der Waals surface area contributed by atoms with Gasteiger partial charge in [-0.05, 0) is 56.4 Å². The van der Waals surface area contributed by atoms with Gasteiger partial charge in [0.2, 0.25) is 0 Å². The average molecular weight is 457 g/mol. The Bertz CT molecular complexity index is 1160. The molecule has 33 heavy (non-hydrogen) atoms. The minimum absolute atomic E-state index is 0.0163. The van der Waals surface area contributed by atoms with Crippen molar-refractivity contribution >= 4 is 11.7 Å². The molecular weight excluding hydrogens is 435 g/mol. The summed E-state index contributed by atoms with van der Waals surface area (Å²) in [6, 6.07) is 3.93. The van der Waals surface area contributed by atoms with E-state index >= 15 is 0 Å². The van der Waals surface area contributed by atoms with Crippen molar-refractivity contribution in [3.05, 3.63) is 59.8 Å². The first-order valence-electron chi connectivity index (χ1n) is 10.7. The third-order valence-corrected chi connectivity index (χ3v) is 6.54. The van der Waals surface area contributed by atoms with Gasteiger partial charge in [-0.2, -0.15) is 23.4 Å². The van der Waals surface area contributed by atoms with Crippen LogP contribution in [0.1, 0.15) is 41.4 Å². The molecule has 11 heteroatoms. The van der Waals surface area contributed by atoms with Crippen LogP contribution in [0.25, 0.3) is 5.69 Å². The van der Waals surface area contributed by atoms with Crippen molar-refractivity contribution < 1.29 is 18.0 Å². The molecule has 0 aromatic carbocycles. The molecule has 3 aromatic heterocycles. The summed E-state index contributed by atoms with van der Waals surface area (Å²) < 4.78 is 38.5. The Morgan fingerprint density at radius 2 is 1.88 bits per heavy atom. The van der Waals surface area contributed by atoms with E-state index in [-0.39, 0.29) is 35.6 Å². The molecule has 0 radical (unpaired) electrons. The van der Waals surface area contributed by atoms with E-state index in [0.717, 1.165) is 30.7 Å². The second kappa shape index (κ2) is 7.82. The number of halogens is 3. The van der Waals surface area contributed by atoms with E-state index in [9.17, 15) is 18.0 Å². The Balaban J connectivity index is 1.39. The van der Waals surface area contributed by atoms with Crippen LogP contribution in [0.15, 0.2) is 43.0 Å². The van der Waals surface area contributed by atoms with Crippen LogP contribution in [-0.4, -0.2) is 53.9 Å². The van der Waals surface area contributed by atoms with E-state index in [2.05, 4.69) is 25.5 Å². The molecule has 3 aromatic rings. The lowest BCUT2D eigenvalue weighted by molar-refractivity contribution is -0.137.